The maximum absolute atomic E-state index is 5.77. The first kappa shape index (κ1) is 11.5. The van der Waals surface area contributed by atoms with Crippen LogP contribution in [0.4, 0.5) is 17.2 Å². The van der Waals surface area contributed by atoms with Crippen LogP contribution in [-0.4, -0.2) is 12.0 Å². The molecule has 0 radical (unpaired) electrons. The SMILES string of the molecule is Cc1ccc(N(C)c2ccc(N)c(C)n2)cc1. The number of aryl methyl sites for hydroxylation is 2. The maximum atomic E-state index is 5.77. The zero-order valence-corrected chi connectivity index (χ0v) is 10.4. The highest BCUT2D eigenvalue weighted by atomic mass is 15.2. The van der Waals surface area contributed by atoms with Gasteiger partial charge in [0.05, 0.1) is 11.4 Å². The van der Waals surface area contributed by atoms with Crippen LogP contribution < -0.4 is 10.6 Å². The highest BCUT2D eigenvalue weighted by molar-refractivity contribution is 5.61. The van der Waals surface area contributed by atoms with E-state index in [0.717, 1.165) is 22.9 Å². The first-order valence-corrected chi connectivity index (χ1v) is 5.61. The van der Waals surface area contributed by atoms with Crippen molar-refractivity contribution in [3.05, 3.63) is 47.7 Å². The number of pyridine rings is 1. The van der Waals surface area contributed by atoms with Crippen molar-refractivity contribution < 1.29 is 0 Å². The van der Waals surface area contributed by atoms with Crippen molar-refractivity contribution in [2.24, 2.45) is 0 Å². The number of aromatic nitrogens is 1. The third-order valence-electron chi connectivity index (χ3n) is 2.88. The standard InChI is InChI=1S/C14H17N3/c1-10-4-6-12(7-5-10)17(3)14-9-8-13(15)11(2)16-14/h4-9H,15H2,1-3H3. The van der Waals surface area contributed by atoms with Crippen LogP contribution in [0.3, 0.4) is 0 Å². The second kappa shape index (κ2) is 4.45. The van der Waals surface area contributed by atoms with E-state index in [-0.39, 0.29) is 0 Å². The Morgan fingerprint density at radius 3 is 2.24 bits per heavy atom. The average Bonchev–Trinajstić information content (AvgIpc) is 2.33. The molecular weight excluding hydrogens is 210 g/mol. The molecule has 0 aliphatic rings. The maximum Gasteiger partial charge on any atom is 0.133 e. The molecule has 1 aromatic heterocycles. The molecule has 0 aliphatic carbocycles. The van der Waals surface area contributed by atoms with E-state index in [2.05, 4.69) is 36.2 Å². The van der Waals surface area contributed by atoms with Crippen LogP contribution in [0.15, 0.2) is 36.4 Å². The van der Waals surface area contributed by atoms with Gasteiger partial charge in [-0.15, -0.1) is 0 Å². The molecule has 1 heterocycles. The molecule has 0 spiro atoms. The molecule has 0 unspecified atom stereocenters. The predicted octanol–water partition coefficient (Wildman–Crippen LogP) is 3.05. The van der Waals surface area contributed by atoms with E-state index >= 15 is 0 Å². The zero-order chi connectivity index (χ0) is 12.4. The summed E-state index contributed by atoms with van der Waals surface area (Å²) in [7, 11) is 2.00. The fourth-order valence-electron chi connectivity index (χ4n) is 1.65. The van der Waals surface area contributed by atoms with Gasteiger partial charge in [0, 0.05) is 12.7 Å². The molecule has 0 atom stereocenters. The lowest BCUT2D eigenvalue weighted by atomic mass is 10.2. The summed E-state index contributed by atoms with van der Waals surface area (Å²) in [6.07, 6.45) is 0. The van der Waals surface area contributed by atoms with E-state index < -0.39 is 0 Å². The molecule has 3 nitrogen and oxygen atoms in total. The van der Waals surface area contributed by atoms with Crippen molar-refractivity contribution in [1.29, 1.82) is 0 Å². The second-order valence-electron chi connectivity index (χ2n) is 4.24. The van der Waals surface area contributed by atoms with E-state index in [9.17, 15) is 0 Å². The molecule has 0 fully saturated rings. The Morgan fingerprint density at radius 1 is 1.00 bits per heavy atom. The minimum Gasteiger partial charge on any atom is -0.397 e. The van der Waals surface area contributed by atoms with Crippen LogP contribution in [0.1, 0.15) is 11.3 Å². The molecule has 2 aromatic rings. The summed E-state index contributed by atoms with van der Waals surface area (Å²) in [5, 5.41) is 0. The molecule has 0 aliphatic heterocycles. The summed E-state index contributed by atoms with van der Waals surface area (Å²) in [4.78, 5) is 6.52. The fourth-order valence-corrected chi connectivity index (χ4v) is 1.65. The predicted molar refractivity (Wildman–Crippen MR) is 72.6 cm³/mol. The lowest BCUT2D eigenvalue weighted by Crippen LogP contribution is -2.12. The molecule has 88 valence electrons. The molecule has 3 heteroatoms. The quantitative estimate of drug-likeness (QED) is 0.857. The highest BCUT2D eigenvalue weighted by Gasteiger charge is 2.06. The Hall–Kier alpha value is -2.03. The van der Waals surface area contributed by atoms with Gasteiger partial charge in [-0.25, -0.2) is 4.98 Å². The third kappa shape index (κ3) is 2.38. The topological polar surface area (TPSA) is 42.1 Å². The average molecular weight is 227 g/mol. The van der Waals surface area contributed by atoms with Gasteiger partial charge < -0.3 is 10.6 Å². The van der Waals surface area contributed by atoms with Gasteiger partial charge in [-0.05, 0) is 38.1 Å². The van der Waals surface area contributed by atoms with Crippen molar-refractivity contribution in [3.8, 4) is 0 Å². The van der Waals surface area contributed by atoms with E-state index in [0.29, 0.717) is 0 Å². The van der Waals surface area contributed by atoms with Crippen molar-refractivity contribution in [1.82, 2.24) is 4.98 Å². The van der Waals surface area contributed by atoms with Gasteiger partial charge >= 0.3 is 0 Å². The van der Waals surface area contributed by atoms with Crippen LogP contribution in [0.2, 0.25) is 0 Å². The minimum atomic E-state index is 0.728. The molecule has 2 rings (SSSR count). The summed E-state index contributed by atoms with van der Waals surface area (Å²) >= 11 is 0. The van der Waals surface area contributed by atoms with Crippen LogP contribution >= 0.6 is 0 Å². The normalized spacial score (nSPS) is 10.3. The summed E-state index contributed by atoms with van der Waals surface area (Å²) in [5.41, 5.74) is 9.73. The number of nitrogens with zero attached hydrogens (tertiary/aromatic N) is 2. The van der Waals surface area contributed by atoms with Crippen molar-refractivity contribution in [3.63, 3.8) is 0 Å². The molecule has 17 heavy (non-hydrogen) atoms. The number of nitrogens with two attached hydrogens (primary N) is 1. The van der Waals surface area contributed by atoms with E-state index in [4.69, 9.17) is 5.73 Å². The molecule has 1 aromatic carbocycles. The van der Waals surface area contributed by atoms with E-state index in [1.165, 1.54) is 5.56 Å². The van der Waals surface area contributed by atoms with Crippen molar-refractivity contribution in [2.75, 3.05) is 17.7 Å². The summed E-state index contributed by atoms with van der Waals surface area (Å²) < 4.78 is 0. The highest BCUT2D eigenvalue weighted by Crippen LogP contribution is 2.23. The van der Waals surface area contributed by atoms with Crippen LogP contribution in [0, 0.1) is 13.8 Å². The lowest BCUT2D eigenvalue weighted by molar-refractivity contribution is 1.09. The third-order valence-corrected chi connectivity index (χ3v) is 2.88. The van der Waals surface area contributed by atoms with Crippen LogP contribution in [-0.2, 0) is 0 Å². The molecule has 2 N–H and O–H groups in total. The van der Waals surface area contributed by atoms with Gasteiger partial charge in [-0.2, -0.15) is 0 Å². The fraction of sp³-hybridized carbons (Fsp3) is 0.214. The number of rotatable bonds is 2. The van der Waals surface area contributed by atoms with Crippen molar-refractivity contribution >= 4 is 17.2 Å². The Bertz CT molecular complexity index is 517. The monoisotopic (exact) mass is 227 g/mol. The van der Waals surface area contributed by atoms with Gasteiger partial charge in [0.2, 0.25) is 0 Å². The van der Waals surface area contributed by atoms with Gasteiger partial charge in [-0.3, -0.25) is 0 Å². The van der Waals surface area contributed by atoms with Gasteiger partial charge in [-0.1, -0.05) is 17.7 Å². The first-order valence-electron chi connectivity index (χ1n) is 5.61. The summed E-state index contributed by atoms with van der Waals surface area (Å²) in [6.45, 7) is 4.00. The van der Waals surface area contributed by atoms with Crippen LogP contribution in [0.25, 0.3) is 0 Å². The number of hydrogen-bond donors (Lipinski definition) is 1. The minimum absolute atomic E-state index is 0.728. The molecule has 0 saturated heterocycles. The van der Waals surface area contributed by atoms with Gasteiger partial charge in [0.25, 0.3) is 0 Å². The molecule has 0 amide bonds. The number of nitrogen functional groups attached to an aromatic ring is 1. The molecule has 0 bridgehead atoms. The van der Waals surface area contributed by atoms with Gasteiger partial charge in [0.1, 0.15) is 5.82 Å². The van der Waals surface area contributed by atoms with Gasteiger partial charge in [0.15, 0.2) is 0 Å². The number of hydrogen-bond acceptors (Lipinski definition) is 3. The molecule has 0 saturated carbocycles. The Kier molecular flexibility index (Phi) is 3.00. The zero-order valence-electron chi connectivity index (χ0n) is 10.4. The van der Waals surface area contributed by atoms with Crippen molar-refractivity contribution in [2.45, 2.75) is 13.8 Å². The van der Waals surface area contributed by atoms with E-state index in [1.807, 2.05) is 31.0 Å². The Labute approximate surface area is 102 Å². The summed E-state index contributed by atoms with van der Waals surface area (Å²) in [5.74, 6) is 0.903. The summed E-state index contributed by atoms with van der Waals surface area (Å²) in [6, 6.07) is 12.2. The Balaban J connectivity index is 2.33. The van der Waals surface area contributed by atoms with Crippen LogP contribution in [0.5, 0.6) is 0 Å². The number of anilines is 3. The Morgan fingerprint density at radius 2 is 1.65 bits per heavy atom. The second-order valence-corrected chi connectivity index (χ2v) is 4.24. The number of benzene rings is 1. The largest absolute Gasteiger partial charge is 0.397 e. The molecular formula is C14H17N3. The smallest absolute Gasteiger partial charge is 0.133 e. The van der Waals surface area contributed by atoms with E-state index in [1.54, 1.807) is 0 Å². The lowest BCUT2D eigenvalue weighted by Gasteiger charge is -2.19. The first-order chi connectivity index (χ1) is 8.08.